The number of nitrogens with zero attached hydrogens (tertiary/aromatic N) is 4. The van der Waals surface area contributed by atoms with Gasteiger partial charge < -0.3 is 15.0 Å². The van der Waals surface area contributed by atoms with Crippen molar-refractivity contribution in [3.8, 4) is 16.9 Å². The number of benzene rings is 1. The number of rotatable bonds is 6. The van der Waals surface area contributed by atoms with Crippen molar-refractivity contribution in [1.82, 2.24) is 19.4 Å². The molecule has 1 unspecified atom stereocenters. The van der Waals surface area contributed by atoms with Crippen LogP contribution in [0.15, 0.2) is 59.7 Å². The Labute approximate surface area is 207 Å². The number of anilines is 1. The fraction of sp³-hybridized carbons (Fsp3) is 0.346. The minimum absolute atomic E-state index is 0.0759. The van der Waals surface area contributed by atoms with E-state index in [-0.39, 0.29) is 42.1 Å². The fourth-order valence-electron chi connectivity index (χ4n) is 3.96. The molecule has 1 N–H and O–H groups in total. The predicted molar refractivity (Wildman–Crippen MR) is 132 cm³/mol. The number of esters is 1. The van der Waals surface area contributed by atoms with Gasteiger partial charge in [-0.05, 0) is 45.4 Å². The lowest BCUT2D eigenvalue weighted by atomic mass is 10.0. The number of nitrogens with one attached hydrogen (secondary N) is 1. The maximum atomic E-state index is 14.7. The molecule has 3 heterocycles. The van der Waals surface area contributed by atoms with Crippen LogP contribution in [0.3, 0.4) is 0 Å². The second-order valence-electron chi connectivity index (χ2n) is 9.59. The summed E-state index contributed by atoms with van der Waals surface area (Å²) in [6, 6.07) is 11.4. The highest BCUT2D eigenvalue weighted by atomic mass is 19.1. The van der Waals surface area contributed by atoms with Gasteiger partial charge in [0.25, 0.3) is 5.56 Å². The van der Waals surface area contributed by atoms with Crippen molar-refractivity contribution in [2.75, 3.05) is 18.4 Å². The fourth-order valence-corrected chi connectivity index (χ4v) is 3.96. The summed E-state index contributed by atoms with van der Waals surface area (Å²) in [7, 11) is 0. The van der Waals surface area contributed by atoms with Crippen molar-refractivity contribution in [2.24, 2.45) is 0 Å². The summed E-state index contributed by atoms with van der Waals surface area (Å²) in [6.45, 7) is 5.60. The summed E-state index contributed by atoms with van der Waals surface area (Å²) >= 11 is 0. The Kier molecular flexibility index (Phi) is 7.14. The molecule has 0 bridgehead atoms. The lowest BCUT2D eigenvalue weighted by Crippen LogP contribution is -2.46. The molecule has 1 aliphatic rings. The molecule has 0 radical (unpaired) electrons. The van der Waals surface area contributed by atoms with Crippen LogP contribution in [0.4, 0.5) is 10.3 Å². The molecule has 3 aromatic rings. The molecule has 36 heavy (non-hydrogen) atoms. The minimum atomic E-state index is -0.617. The second-order valence-corrected chi connectivity index (χ2v) is 9.59. The predicted octanol–water partition coefficient (Wildman–Crippen LogP) is 3.18. The SMILES string of the molecule is CC(C)(C)OC(=O)CN1CCC(Nc2ncc(F)c(-c3cccc(-n4ccccc4=O)c3)n2)CC1=O. The second kappa shape index (κ2) is 10.3. The number of carbonyl (C=O) groups is 2. The van der Waals surface area contributed by atoms with Crippen molar-refractivity contribution in [3.63, 3.8) is 0 Å². The molecule has 1 amide bonds. The van der Waals surface area contributed by atoms with Gasteiger partial charge in [-0.25, -0.2) is 14.4 Å². The molecule has 1 aromatic carbocycles. The van der Waals surface area contributed by atoms with Crippen LogP contribution in [-0.2, 0) is 14.3 Å². The molecule has 1 aliphatic heterocycles. The molecule has 0 spiro atoms. The molecule has 0 aliphatic carbocycles. The standard InChI is InChI=1S/C26H28FN5O4/c1-26(2,3)36-23(35)16-31-12-10-18(14-22(31)34)29-25-28-15-20(27)24(30-25)17-7-6-8-19(13-17)32-11-5-4-9-21(32)33/h4-9,11,13,15,18H,10,12,14,16H2,1-3H3,(H,28,29,30). The summed E-state index contributed by atoms with van der Waals surface area (Å²) in [5.41, 5.74) is 0.312. The number of ether oxygens (including phenoxy) is 1. The average Bonchev–Trinajstić information content (AvgIpc) is 2.81. The number of halogens is 1. The first-order valence-electron chi connectivity index (χ1n) is 11.7. The molecule has 0 saturated carbocycles. The van der Waals surface area contributed by atoms with E-state index in [1.807, 2.05) is 0 Å². The first-order valence-corrected chi connectivity index (χ1v) is 11.7. The van der Waals surface area contributed by atoms with E-state index in [4.69, 9.17) is 4.74 Å². The van der Waals surface area contributed by atoms with Crippen molar-refractivity contribution in [2.45, 2.75) is 45.3 Å². The summed E-state index contributed by atoms with van der Waals surface area (Å²) in [4.78, 5) is 46.7. The summed E-state index contributed by atoms with van der Waals surface area (Å²) in [6.07, 6.45) is 3.42. The van der Waals surface area contributed by atoms with Crippen LogP contribution in [0.2, 0.25) is 0 Å². The van der Waals surface area contributed by atoms with E-state index in [1.54, 1.807) is 63.4 Å². The quantitative estimate of drug-likeness (QED) is 0.526. The highest BCUT2D eigenvalue weighted by Gasteiger charge is 2.29. The number of hydrogen-bond acceptors (Lipinski definition) is 7. The largest absolute Gasteiger partial charge is 0.459 e. The Morgan fingerprint density at radius 1 is 1.19 bits per heavy atom. The van der Waals surface area contributed by atoms with Gasteiger partial charge in [0.2, 0.25) is 11.9 Å². The van der Waals surface area contributed by atoms with Gasteiger partial charge in [0.1, 0.15) is 17.8 Å². The van der Waals surface area contributed by atoms with Crippen LogP contribution < -0.4 is 10.9 Å². The molecule has 1 atom stereocenters. The number of piperidine rings is 1. The normalized spacial score (nSPS) is 16.1. The molecule has 1 fully saturated rings. The lowest BCUT2D eigenvalue weighted by molar-refractivity contribution is -0.159. The van der Waals surface area contributed by atoms with E-state index in [9.17, 15) is 18.8 Å². The van der Waals surface area contributed by atoms with Crippen molar-refractivity contribution < 1.29 is 18.7 Å². The summed E-state index contributed by atoms with van der Waals surface area (Å²) < 4.78 is 21.4. The third-order valence-corrected chi connectivity index (χ3v) is 5.56. The number of pyridine rings is 1. The maximum absolute atomic E-state index is 14.7. The van der Waals surface area contributed by atoms with Crippen LogP contribution in [-0.4, -0.2) is 56.0 Å². The van der Waals surface area contributed by atoms with E-state index < -0.39 is 17.4 Å². The number of carbonyl (C=O) groups excluding carboxylic acids is 2. The van der Waals surface area contributed by atoms with E-state index in [0.717, 1.165) is 6.20 Å². The number of amides is 1. The molecule has 4 rings (SSSR count). The molecule has 188 valence electrons. The van der Waals surface area contributed by atoms with Crippen LogP contribution >= 0.6 is 0 Å². The highest BCUT2D eigenvalue weighted by Crippen LogP contribution is 2.24. The first kappa shape index (κ1) is 25.0. The van der Waals surface area contributed by atoms with E-state index in [0.29, 0.717) is 24.2 Å². The Balaban J connectivity index is 1.46. The van der Waals surface area contributed by atoms with Crippen molar-refractivity contribution in [1.29, 1.82) is 0 Å². The van der Waals surface area contributed by atoms with Gasteiger partial charge in [-0.1, -0.05) is 18.2 Å². The topological polar surface area (TPSA) is 106 Å². The van der Waals surface area contributed by atoms with Gasteiger partial charge in [-0.15, -0.1) is 0 Å². The van der Waals surface area contributed by atoms with Gasteiger partial charge in [-0.2, -0.15) is 0 Å². The van der Waals surface area contributed by atoms with E-state index >= 15 is 0 Å². The molecular weight excluding hydrogens is 465 g/mol. The van der Waals surface area contributed by atoms with Gasteiger partial charge in [0.05, 0.1) is 6.20 Å². The molecule has 1 saturated heterocycles. The highest BCUT2D eigenvalue weighted by molar-refractivity contribution is 5.83. The lowest BCUT2D eigenvalue weighted by Gasteiger charge is -2.32. The first-order chi connectivity index (χ1) is 17.1. The van der Waals surface area contributed by atoms with Crippen molar-refractivity contribution in [3.05, 3.63) is 71.0 Å². The Hall–Kier alpha value is -4.08. The molecule has 2 aromatic heterocycles. The van der Waals surface area contributed by atoms with E-state index in [1.165, 1.54) is 15.5 Å². The van der Waals surface area contributed by atoms with Crippen LogP contribution in [0, 0.1) is 5.82 Å². The van der Waals surface area contributed by atoms with Crippen LogP contribution in [0.1, 0.15) is 33.6 Å². The van der Waals surface area contributed by atoms with E-state index in [2.05, 4.69) is 15.3 Å². The number of aromatic nitrogens is 3. The Bertz CT molecular complexity index is 1330. The van der Waals surface area contributed by atoms with Gasteiger partial charge >= 0.3 is 5.97 Å². The monoisotopic (exact) mass is 493 g/mol. The zero-order chi connectivity index (χ0) is 25.9. The summed E-state index contributed by atoms with van der Waals surface area (Å²) in [5.74, 6) is -1.06. The zero-order valence-electron chi connectivity index (χ0n) is 20.4. The number of hydrogen-bond donors (Lipinski definition) is 1. The number of likely N-dealkylation sites (tertiary alicyclic amines) is 1. The molecular formula is C26H28FN5O4. The molecule has 9 nitrogen and oxygen atoms in total. The zero-order valence-corrected chi connectivity index (χ0v) is 20.4. The Morgan fingerprint density at radius 3 is 2.72 bits per heavy atom. The average molecular weight is 494 g/mol. The summed E-state index contributed by atoms with van der Waals surface area (Å²) in [5, 5.41) is 3.11. The van der Waals surface area contributed by atoms with Crippen molar-refractivity contribution >= 4 is 17.8 Å². The smallest absolute Gasteiger partial charge is 0.326 e. The minimum Gasteiger partial charge on any atom is -0.459 e. The molecule has 10 heteroatoms. The Morgan fingerprint density at radius 2 is 2.00 bits per heavy atom. The van der Waals surface area contributed by atoms with Gasteiger partial charge in [0.15, 0.2) is 5.82 Å². The van der Waals surface area contributed by atoms with Gasteiger partial charge in [-0.3, -0.25) is 19.0 Å². The third kappa shape index (κ3) is 6.12. The van der Waals surface area contributed by atoms with Gasteiger partial charge in [0, 0.05) is 42.5 Å². The third-order valence-electron chi connectivity index (χ3n) is 5.56. The maximum Gasteiger partial charge on any atom is 0.326 e. The van der Waals surface area contributed by atoms with Crippen LogP contribution in [0.5, 0.6) is 0 Å². The van der Waals surface area contributed by atoms with Crippen LogP contribution in [0.25, 0.3) is 16.9 Å².